The number of nitrogens with zero attached hydrogens (tertiary/aromatic N) is 2. The normalized spacial score (nSPS) is 11.7. The van der Waals surface area contributed by atoms with Gasteiger partial charge in [-0.25, -0.2) is 18.4 Å². The average Bonchev–Trinajstić information content (AvgIpc) is 3.53. The SMILES string of the molecule is CN(C)CCOC(=O)c1c(-c2ccc[nH]c2=O)c2c3occc3c(F)cc2n1Cc1cc2c(=O)[nH]c(=O)[nH]c2cc1F. The van der Waals surface area contributed by atoms with Crippen molar-refractivity contribution in [2.75, 3.05) is 27.2 Å². The fourth-order valence-corrected chi connectivity index (χ4v) is 5.08. The van der Waals surface area contributed by atoms with Gasteiger partial charge in [0.2, 0.25) is 0 Å². The predicted molar refractivity (Wildman–Crippen MR) is 151 cm³/mol. The topological polar surface area (TPSA) is 146 Å². The molecule has 0 saturated heterocycles. The third-order valence-electron chi connectivity index (χ3n) is 7.00. The van der Waals surface area contributed by atoms with Gasteiger partial charge in [-0.2, -0.15) is 0 Å². The van der Waals surface area contributed by atoms with Crippen LogP contribution in [0.25, 0.3) is 43.9 Å². The Hall–Kier alpha value is -5.30. The first kappa shape index (κ1) is 26.9. The van der Waals surface area contributed by atoms with Gasteiger partial charge in [-0.15, -0.1) is 0 Å². The molecule has 0 amide bonds. The first-order valence-corrected chi connectivity index (χ1v) is 12.8. The Bertz CT molecular complexity index is 2200. The first-order valence-electron chi connectivity index (χ1n) is 12.8. The number of carbonyl (C=O) groups excluding carboxylic acids is 1. The van der Waals surface area contributed by atoms with E-state index >= 15 is 8.78 Å². The maximum Gasteiger partial charge on any atom is 0.355 e. The highest BCUT2D eigenvalue weighted by Crippen LogP contribution is 2.40. The molecule has 0 aliphatic heterocycles. The van der Waals surface area contributed by atoms with Crippen LogP contribution in [0.3, 0.4) is 0 Å². The number of hydrogen-bond acceptors (Lipinski definition) is 7. The van der Waals surface area contributed by atoms with Crippen molar-refractivity contribution in [3.8, 4) is 11.1 Å². The average molecular weight is 576 g/mol. The molecule has 0 aliphatic rings. The Kier molecular flexibility index (Phi) is 6.58. The Morgan fingerprint density at radius 2 is 1.83 bits per heavy atom. The van der Waals surface area contributed by atoms with Crippen LogP contribution >= 0.6 is 0 Å². The van der Waals surface area contributed by atoms with E-state index in [1.165, 1.54) is 41.3 Å². The summed E-state index contributed by atoms with van der Waals surface area (Å²) in [6, 6.07) is 7.90. The van der Waals surface area contributed by atoms with E-state index < -0.39 is 34.4 Å². The van der Waals surface area contributed by atoms with E-state index in [9.17, 15) is 19.2 Å². The highest BCUT2D eigenvalue weighted by Gasteiger charge is 2.30. The lowest BCUT2D eigenvalue weighted by atomic mass is 10.0. The third-order valence-corrected chi connectivity index (χ3v) is 7.00. The van der Waals surface area contributed by atoms with Crippen molar-refractivity contribution < 1.29 is 22.7 Å². The van der Waals surface area contributed by atoms with E-state index in [-0.39, 0.29) is 68.3 Å². The third kappa shape index (κ3) is 4.49. The minimum Gasteiger partial charge on any atom is -0.463 e. The molecule has 0 fully saturated rings. The lowest BCUT2D eigenvalue weighted by molar-refractivity contribution is 0.0471. The number of nitrogens with one attached hydrogen (secondary N) is 3. The van der Waals surface area contributed by atoms with Crippen LogP contribution in [0, 0.1) is 11.6 Å². The summed E-state index contributed by atoms with van der Waals surface area (Å²) in [5.74, 6) is -2.30. The van der Waals surface area contributed by atoms with Gasteiger partial charge in [0.25, 0.3) is 11.1 Å². The Morgan fingerprint density at radius 1 is 1.02 bits per heavy atom. The Morgan fingerprint density at radius 3 is 2.60 bits per heavy atom. The van der Waals surface area contributed by atoms with Gasteiger partial charge in [0.15, 0.2) is 0 Å². The van der Waals surface area contributed by atoms with Crippen molar-refractivity contribution in [3.63, 3.8) is 0 Å². The van der Waals surface area contributed by atoms with E-state index in [1.807, 2.05) is 0 Å². The second-order valence-corrected chi connectivity index (χ2v) is 9.98. The molecule has 11 nitrogen and oxygen atoms in total. The van der Waals surface area contributed by atoms with Gasteiger partial charge in [0.05, 0.1) is 45.6 Å². The fourth-order valence-electron chi connectivity index (χ4n) is 5.08. The maximum absolute atomic E-state index is 15.5. The number of aromatic amines is 3. The molecular formula is C29H23F2N5O6. The molecule has 0 spiro atoms. The number of ether oxygens (including phenoxy) is 1. The molecule has 3 N–H and O–H groups in total. The summed E-state index contributed by atoms with van der Waals surface area (Å²) in [7, 11) is 3.60. The number of hydrogen-bond donors (Lipinski definition) is 3. The molecule has 0 atom stereocenters. The Labute approximate surface area is 234 Å². The highest BCUT2D eigenvalue weighted by atomic mass is 19.1. The number of esters is 1. The second kappa shape index (κ2) is 10.3. The molecule has 0 saturated carbocycles. The molecule has 214 valence electrons. The van der Waals surface area contributed by atoms with Crippen molar-refractivity contribution in [2.24, 2.45) is 0 Å². The summed E-state index contributed by atoms with van der Waals surface area (Å²) in [5.41, 5.74) is -1.87. The maximum atomic E-state index is 15.5. The summed E-state index contributed by atoms with van der Waals surface area (Å²) in [4.78, 5) is 59.9. The van der Waals surface area contributed by atoms with Crippen LogP contribution in [0.15, 0.2) is 67.7 Å². The largest absolute Gasteiger partial charge is 0.463 e. The van der Waals surface area contributed by atoms with Crippen LogP contribution in [0.5, 0.6) is 0 Å². The number of aromatic nitrogens is 4. The van der Waals surface area contributed by atoms with E-state index in [4.69, 9.17) is 9.15 Å². The zero-order chi connectivity index (χ0) is 29.7. The van der Waals surface area contributed by atoms with Crippen molar-refractivity contribution in [1.82, 2.24) is 24.4 Å². The number of halogens is 2. The molecule has 0 bridgehead atoms. The summed E-state index contributed by atoms with van der Waals surface area (Å²) < 4.78 is 43.4. The monoisotopic (exact) mass is 575 g/mol. The zero-order valence-corrected chi connectivity index (χ0v) is 22.3. The van der Waals surface area contributed by atoms with E-state index in [2.05, 4.69) is 15.0 Å². The van der Waals surface area contributed by atoms with Crippen LogP contribution in [-0.2, 0) is 11.3 Å². The number of pyridine rings is 1. The number of benzene rings is 2. The number of rotatable bonds is 7. The van der Waals surface area contributed by atoms with E-state index in [0.29, 0.717) is 6.54 Å². The molecule has 4 heterocycles. The van der Waals surface area contributed by atoms with Crippen molar-refractivity contribution in [2.45, 2.75) is 6.54 Å². The van der Waals surface area contributed by atoms with Crippen molar-refractivity contribution in [3.05, 3.63) is 103 Å². The lowest BCUT2D eigenvalue weighted by Gasteiger charge is -2.14. The van der Waals surface area contributed by atoms with Gasteiger partial charge in [0.1, 0.15) is 29.5 Å². The lowest BCUT2D eigenvalue weighted by Crippen LogP contribution is -2.23. The molecule has 42 heavy (non-hydrogen) atoms. The summed E-state index contributed by atoms with van der Waals surface area (Å²) in [5, 5.41) is 0.362. The summed E-state index contributed by atoms with van der Waals surface area (Å²) in [6.07, 6.45) is 2.71. The molecule has 6 rings (SSSR count). The quantitative estimate of drug-likeness (QED) is 0.248. The van der Waals surface area contributed by atoms with Gasteiger partial charge in [-0.05, 0) is 50.5 Å². The second-order valence-electron chi connectivity index (χ2n) is 9.98. The first-order chi connectivity index (χ1) is 20.1. The standard InChI is InChI=1S/C29H23F2N5O6/c1-35(2)7-9-42-28(39)24-22(16-4-3-6-32-26(16)37)23-21(12-19(31)15-5-8-41-25(15)23)36(24)13-14-10-17-20(11-18(14)30)33-29(40)34-27(17)38/h3-6,8,10-12H,7,9,13H2,1-2H3,(H,32,37)(H2,33,34,38,40). The van der Waals surface area contributed by atoms with Crippen LogP contribution in [0.1, 0.15) is 16.1 Å². The van der Waals surface area contributed by atoms with Crippen molar-refractivity contribution >= 4 is 38.7 Å². The number of fused-ring (bicyclic) bond motifs is 4. The molecule has 4 aromatic heterocycles. The molecule has 0 aliphatic carbocycles. The van der Waals surface area contributed by atoms with Crippen LogP contribution in [0.4, 0.5) is 8.78 Å². The molecule has 2 aromatic carbocycles. The summed E-state index contributed by atoms with van der Waals surface area (Å²) >= 11 is 0. The van der Waals surface area contributed by atoms with Gasteiger partial charge in [-0.3, -0.25) is 14.6 Å². The number of furan rings is 1. The van der Waals surface area contributed by atoms with Crippen LogP contribution in [0.2, 0.25) is 0 Å². The smallest absolute Gasteiger partial charge is 0.355 e. The molecule has 6 aromatic rings. The highest BCUT2D eigenvalue weighted by molar-refractivity contribution is 6.17. The minimum atomic E-state index is -0.838. The molecule has 0 radical (unpaired) electrons. The van der Waals surface area contributed by atoms with E-state index in [0.717, 1.165) is 6.07 Å². The fraction of sp³-hybridized carbons (Fsp3) is 0.172. The van der Waals surface area contributed by atoms with Crippen LogP contribution < -0.4 is 16.8 Å². The number of H-pyrrole nitrogens is 3. The molecule has 13 heteroatoms. The summed E-state index contributed by atoms with van der Waals surface area (Å²) in [6.45, 7) is 0.0193. The van der Waals surface area contributed by atoms with Gasteiger partial charge in [0, 0.05) is 23.9 Å². The predicted octanol–water partition coefficient (Wildman–Crippen LogP) is 3.32. The Balaban J connectivity index is 1.68. The minimum absolute atomic E-state index is 0.00287. The van der Waals surface area contributed by atoms with Gasteiger partial charge in [-0.1, -0.05) is 0 Å². The number of carbonyl (C=O) groups is 1. The molecule has 0 unspecified atom stereocenters. The van der Waals surface area contributed by atoms with Crippen molar-refractivity contribution in [1.29, 1.82) is 0 Å². The molecular weight excluding hydrogens is 552 g/mol. The van der Waals surface area contributed by atoms with Gasteiger partial charge < -0.3 is 28.6 Å². The van der Waals surface area contributed by atoms with Gasteiger partial charge >= 0.3 is 11.7 Å². The number of likely N-dealkylation sites (N-methyl/N-ethyl adjacent to an activating group) is 1. The van der Waals surface area contributed by atoms with E-state index in [1.54, 1.807) is 25.1 Å². The van der Waals surface area contributed by atoms with Crippen LogP contribution in [-0.4, -0.2) is 57.6 Å². The zero-order valence-electron chi connectivity index (χ0n) is 22.3.